The number of nitrogen functional groups attached to an aromatic ring is 1. The van der Waals surface area contributed by atoms with Crippen LogP contribution in [0.4, 0.5) is 11.6 Å². The lowest BCUT2D eigenvalue weighted by Gasteiger charge is -2.38. The largest absolute Gasteiger partial charge is 0.354 e. The van der Waals surface area contributed by atoms with Gasteiger partial charge < -0.3 is 10.3 Å². The van der Waals surface area contributed by atoms with E-state index in [1.165, 1.54) is 19.4 Å². The minimum atomic E-state index is 0.670. The summed E-state index contributed by atoms with van der Waals surface area (Å²) in [5.41, 5.74) is 2.56. The number of rotatable bonds is 2. The molecule has 0 radical (unpaired) electrons. The first-order chi connectivity index (χ1) is 8.36. The van der Waals surface area contributed by atoms with Crippen LogP contribution < -0.4 is 16.2 Å². The molecule has 2 aliphatic rings. The minimum absolute atomic E-state index is 0.670. The SMILES string of the molecule is NNc1cc(N2CCN3CCCC3C2)ncn1. The first kappa shape index (κ1) is 10.7. The second-order valence-electron chi connectivity index (χ2n) is 4.68. The average Bonchev–Trinajstić information content (AvgIpc) is 2.86. The van der Waals surface area contributed by atoms with Gasteiger partial charge in [-0.15, -0.1) is 0 Å². The average molecular weight is 234 g/mol. The van der Waals surface area contributed by atoms with Gasteiger partial charge in [-0.3, -0.25) is 4.90 Å². The summed E-state index contributed by atoms with van der Waals surface area (Å²) < 4.78 is 0. The lowest BCUT2D eigenvalue weighted by Crippen LogP contribution is -2.50. The molecular formula is C11H18N6. The molecule has 3 N–H and O–H groups in total. The Balaban J connectivity index is 1.75. The summed E-state index contributed by atoms with van der Waals surface area (Å²) in [7, 11) is 0. The van der Waals surface area contributed by atoms with Gasteiger partial charge in [0.2, 0.25) is 0 Å². The van der Waals surface area contributed by atoms with Gasteiger partial charge in [-0.05, 0) is 19.4 Å². The number of fused-ring (bicyclic) bond motifs is 1. The van der Waals surface area contributed by atoms with E-state index in [9.17, 15) is 0 Å². The highest BCUT2D eigenvalue weighted by Gasteiger charge is 2.30. The molecule has 0 saturated carbocycles. The Kier molecular flexibility index (Phi) is 2.82. The molecule has 3 rings (SSSR count). The summed E-state index contributed by atoms with van der Waals surface area (Å²) in [6.07, 6.45) is 4.20. The van der Waals surface area contributed by atoms with Crippen molar-refractivity contribution < 1.29 is 0 Å². The first-order valence-corrected chi connectivity index (χ1v) is 6.14. The molecular weight excluding hydrogens is 216 g/mol. The van der Waals surface area contributed by atoms with Gasteiger partial charge in [-0.1, -0.05) is 0 Å². The summed E-state index contributed by atoms with van der Waals surface area (Å²) in [5.74, 6) is 7.01. The van der Waals surface area contributed by atoms with Crippen molar-refractivity contribution >= 4 is 11.6 Å². The van der Waals surface area contributed by atoms with Crippen LogP contribution in [-0.2, 0) is 0 Å². The van der Waals surface area contributed by atoms with Crippen LogP contribution in [0.5, 0.6) is 0 Å². The standard InChI is InChI=1S/C11H18N6/c12-15-10-6-11(14-8-13-10)17-5-4-16-3-1-2-9(16)7-17/h6,8-9H,1-5,7,12H2,(H,13,14,15). The molecule has 92 valence electrons. The number of hydrazine groups is 1. The summed E-state index contributed by atoms with van der Waals surface area (Å²) >= 11 is 0. The van der Waals surface area contributed by atoms with Crippen LogP contribution in [0.2, 0.25) is 0 Å². The molecule has 6 heteroatoms. The third-order valence-electron chi connectivity index (χ3n) is 3.71. The summed E-state index contributed by atoms with van der Waals surface area (Å²) in [6.45, 7) is 4.51. The molecule has 1 aromatic rings. The fourth-order valence-electron chi connectivity index (χ4n) is 2.80. The summed E-state index contributed by atoms with van der Waals surface area (Å²) in [6, 6.07) is 2.61. The molecule has 2 saturated heterocycles. The number of hydrogen-bond acceptors (Lipinski definition) is 6. The van der Waals surface area contributed by atoms with Crippen LogP contribution in [0.25, 0.3) is 0 Å². The van der Waals surface area contributed by atoms with Crippen LogP contribution in [-0.4, -0.2) is 47.1 Å². The zero-order valence-electron chi connectivity index (χ0n) is 9.84. The van der Waals surface area contributed by atoms with E-state index in [1.807, 2.05) is 6.07 Å². The molecule has 2 fully saturated rings. The topological polar surface area (TPSA) is 70.3 Å². The van der Waals surface area contributed by atoms with Crippen LogP contribution in [0.15, 0.2) is 12.4 Å². The van der Waals surface area contributed by atoms with E-state index in [0.717, 1.165) is 25.5 Å². The van der Waals surface area contributed by atoms with Gasteiger partial charge in [0, 0.05) is 31.7 Å². The summed E-state index contributed by atoms with van der Waals surface area (Å²) in [4.78, 5) is 13.3. The quantitative estimate of drug-likeness (QED) is 0.556. The number of nitrogens with two attached hydrogens (primary N) is 1. The Morgan fingerprint density at radius 3 is 3.12 bits per heavy atom. The van der Waals surface area contributed by atoms with E-state index in [1.54, 1.807) is 6.33 Å². The Bertz CT molecular complexity index is 395. The molecule has 0 bridgehead atoms. The maximum absolute atomic E-state index is 5.37. The Labute approximate surface area is 101 Å². The maximum Gasteiger partial charge on any atom is 0.145 e. The van der Waals surface area contributed by atoms with Crippen molar-refractivity contribution in [2.75, 3.05) is 36.5 Å². The normalized spacial score (nSPS) is 24.8. The highest BCUT2D eigenvalue weighted by atomic mass is 15.3. The monoisotopic (exact) mass is 234 g/mol. The maximum atomic E-state index is 5.37. The molecule has 0 aliphatic carbocycles. The smallest absolute Gasteiger partial charge is 0.145 e. The van der Waals surface area contributed by atoms with Crippen molar-refractivity contribution in [1.82, 2.24) is 14.9 Å². The second-order valence-corrected chi connectivity index (χ2v) is 4.68. The molecule has 3 heterocycles. The molecule has 1 unspecified atom stereocenters. The fourth-order valence-corrected chi connectivity index (χ4v) is 2.80. The van der Waals surface area contributed by atoms with Gasteiger partial charge in [0.1, 0.15) is 18.0 Å². The van der Waals surface area contributed by atoms with Gasteiger partial charge in [0.15, 0.2) is 0 Å². The van der Waals surface area contributed by atoms with E-state index >= 15 is 0 Å². The molecule has 0 spiro atoms. The second kappa shape index (κ2) is 4.46. The molecule has 0 aromatic carbocycles. The summed E-state index contributed by atoms with van der Waals surface area (Å²) in [5, 5.41) is 0. The predicted octanol–water partition coefficient (Wildman–Crippen LogP) is 0.0466. The van der Waals surface area contributed by atoms with E-state index in [2.05, 4.69) is 25.2 Å². The Hall–Kier alpha value is -1.40. The van der Waals surface area contributed by atoms with Crippen molar-refractivity contribution in [2.45, 2.75) is 18.9 Å². The van der Waals surface area contributed by atoms with Crippen LogP contribution in [0.3, 0.4) is 0 Å². The number of hydrogen-bond donors (Lipinski definition) is 2. The molecule has 1 atom stereocenters. The molecule has 1 aromatic heterocycles. The molecule has 6 nitrogen and oxygen atoms in total. The Morgan fingerprint density at radius 2 is 2.24 bits per heavy atom. The fraction of sp³-hybridized carbons (Fsp3) is 0.636. The Morgan fingerprint density at radius 1 is 1.29 bits per heavy atom. The van der Waals surface area contributed by atoms with E-state index in [-0.39, 0.29) is 0 Å². The zero-order valence-corrected chi connectivity index (χ0v) is 9.84. The number of aromatic nitrogens is 2. The number of piperazine rings is 1. The van der Waals surface area contributed by atoms with Crippen molar-refractivity contribution in [3.8, 4) is 0 Å². The van der Waals surface area contributed by atoms with E-state index in [0.29, 0.717) is 11.9 Å². The van der Waals surface area contributed by atoms with E-state index in [4.69, 9.17) is 5.84 Å². The van der Waals surface area contributed by atoms with Gasteiger partial charge in [0.05, 0.1) is 0 Å². The van der Waals surface area contributed by atoms with Crippen molar-refractivity contribution in [2.24, 2.45) is 5.84 Å². The number of nitrogens with zero attached hydrogens (tertiary/aromatic N) is 4. The zero-order chi connectivity index (χ0) is 11.7. The number of nitrogens with one attached hydrogen (secondary N) is 1. The van der Waals surface area contributed by atoms with Gasteiger partial charge >= 0.3 is 0 Å². The van der Waals surface area contributed by atoms with E-state index < -0.39 is 0 Å². The molecule has 0 amide bonds. The van der Waals surface area contributed by atoms with Crippen LogP contribution in [0.1, 0.15) is 12.8 Å². The number of anilines is 2. The van der Waals surface area contributed by atoms with Crippen molar-refractivity contribution in [3.05, 3.63) is 12.4 Å². The van der Waals surface area contributed by atoms with Crippen molar-refractivity contribution in [3.63, 3.8) is 0 Å². The van der Waals surface area contributed by atoms with Gasteiger partial charge in [0.25, 0.3) is 0 Å². The lowest BCUT2D eigenvalue weighted by molar-refractivity contribution is 0.230. The van der Waals surface area contributed by atoms with Crippen molar-refractivity contribution in [1.29, 1.82) is 0 Å². The van der Waals surface area contributed by atoms with Gasteiger partial charge in [-0.2, -0.15) is 0 Å². The first-order valence-electron chi connectivity index (χ1n) is 6.14. The molecule has 2 aliphatic heterocycles. The lowest BCUT2D eigenvalue weighted by atomic mass is 10.1. The predicted molar refractivity (Wildman–Crippen MR) is 66.7 cm³/mol. The van der Waals surface area contributed by atoms with Crippen LogP contribution >= 0.6 is 0 Å². The third kappa shape index (κ3) is 2.05. The van der Waals surface area contributed by atoms with Gasteiger partial charge in [-0.25, -0.2) is 15.8 Å². The third-order valence-corrected chi connectivity index (χ3v) is 3.71. The highest BCUT2D eigenvalue weighted by Crippen LogP contribution is 2.24. The van der Waals surface area contributed by atoms with Crippen LogP contribution in [0, 0.1) is 0 Å². The molecule has 17 heavy (non-hydrogen) atoms. The minimum Gasteiger partial charge on any atom is -0.354 e. The highest BCUT2D eigenvalue weighted by molar-refractivity contribution is 5.48.